The van der Waals surface area contributed by atoms with Crippen LogP contribution in [0.1, 0.15) is 16.7 Å². The fraction of sp³-hybridized carbons (Fsp3) is 0.148. The molecule has 3 aromatic carbocycles. The third-order valence-corrected chi connectivity index (χ3v) is 6.10. The summed E-state index contributed by atoms with van der Waals surface area (Å²) in [6, 6.07) is 25.0. The van der Waals surface area contributed by atoms with Gasteiger partial charge in [0.25, 0.3) is 0 Å². The van der Waals surface area contributed by atoms with Gasteiger partial charge in [0.05, 0.1) is 10.3 Å². The van der Waals surface area contributed by atoms with Crippen molar-refractivity contribution in [3.8, 4) is 0 Å². The molecule has 0 saturated carbocycles. The van der Waals surface area contributed by atoms with E-state index in [1.54, 1.807) is 12.1 Å². The second-order valence-electron chi connectivity index (χ2n) is 7.99. The van der Waals surface area contributed by atoms with Crippen LogP contribution in [0.2, 0.25) is 0 Å². The number of aryl methyl sites for hydroxylation is 2. The molecule has 0 aliphatic heterocycles. The van der Waals surface area contributed by atoms with Crippen molar-refractivity contribution in [3.63, 3.8) is 0 Å². The Labute approximate surface area is 201 Å². The van der Waals surface area contributed by atoms with E-state index in [2.05, 4.69) is 104 Å². The predicted molar refractivity (Wildman–Crippen MR) is 138 cm³/mol. The van der Waals surface area contributed by atoms with E-state index in [1.807, 2.05) is 6.92 Å². The van der Waals surface area contributed by atoms with Crippen LogP contribution in [0, 0.1) is 6.92 Å². The molecule has 34 heavy (non-hydrogen) atoms. The van der Waals surface area contributed by atoms with Gasteiger partial charge in [0.2, 0.25) is 5.52 Å². The minimum absolute atomic E-state index is 0. The largest absolute Gasteiger partial charge is 0.744 e. The molecule has 1 heterocycles. The molecule has 0 fully saturated rings. The number of hydrogen-bond donors (Lipinski definition) is 0. The molecule has 0 spiro atoms. The number of nitrogens with zero attached hydrogens (tertiary/aromatic N) is 2. The molecule has 4 rings (SSSR count). The Kier molecular flexibility index (Phi) is 9.09. The summed E-state index contributed by atoms with van der Waals surface area (Å²) in [6.45, 7) is 1.82. The zero-order chi connectivity index (χ0) is 24.0. The second kappa shape index (κ2) is 11.6. The van der Waals surface area contributed by atoms with Gasteiger partial charge in [-0.1, -0.05) is 54.1 Å². The van der Waals surface area contributed by atoms with E-state index in [0.29, 0.717) is 0 Å². The lowest BCUT2D eigenvalue weighted by Crippen LogP contribution is -2.28. The molecule has 0 aliphatic carbocycles. The summed E-state index contributed by atoms with van der Waals surface area (Å²) in [6.07, 6.45) is 6.46. The minimum atomic E-state index is -4.27. The van der Waals surface area contributed by atoms with Gasteiger partial charge in [0.15, 0.2) is 6.20 Å². The van der Waals surface area contributed by atoms with Gasteiger partial charge in [-0.3, -0.25) is 0 Å². The first-order chi connectivity index (χ1) is 15.6. The van der Waals surface area contributed by atoms with Gasteiger partial charge in [-0.05, 0) is 48.4 Å². The number of hydrogen-bond acceptors (Lipinski definition) is 4. The fourth-order valence-electron chi connectivity index (χ4n) is 3.31. The first-order valence-corrected chi connectivity index (χ1v) is 11.9. The Bertz CT molecular complexity index is 1360. The topological polar surface area (TPSA) is 95.8 Å². The number of pyridine rings is 1. The smallest absolute Gasteiger partial charge is 0.212 e. The Morgan fingerprint density at radius 1 is 0.853 bits per heavy atom. The maximum atomic E-state index is 10.4. The zero-order valence-electron chi connectivity index (χ0n) is 19.8. The van der Waals surface area contributed by atoms with E-state index < -0.39 is 10.1 Å². The molecule has 6 nitrogen and oxygen atoms in total. The van der Waals surface area contributed by atoms with E-state index in [0.717, 1.165) is 5.56 Å². The van der Waals surface area contributed by atoms with Crippen molar-refractivity contribution >= 4 is 38.9 Å². The summed E-state index contributed by atoms with van der Waals surface area (Å²) in [5.74, 6) is 0. The van der Waals surface area contributed by atoms with E-state index in [-0.39, 0.29) is 10.4 Å². The van der Waals surface area contributed by atoms with Crippen LogP contribution in [0.4, 0.5) is 5.69 Å². The van der Waals surface area contributed by atoms with Crippen molar-refractivity contribution in [2.24, 2.45) is 7.05 Å². The van der Waals surface area contributed by atoms with Gasteiger partial charge in [-0.25, -0.2) is 13.0 Å². The molecule has 0 atom stereocenters. The van der Waals surface area contributed by atoms with Crippen LogP contribution >= 0.6 is 0 Å². The number of anilines is 1. The Hall–Kier alpha value is -3.52. The minimum Gasteiger partial charge on any atom is -0.744 e. The third-order valence-electron chi connectivity index (χ3n) is 5.25. The fourth-order valence-corrected chi connectivity index (χ4v) is 3.78. The van der Waals surface area contributed by atoms with Crippen molar-refractivity contribution in [1.82, 2.24) is 0 Å². The average Bonchev–Trinajstić information content (AvgIpc) is 2.79. The molecule has 0 aliphatic rings. The zero-order valence-corrected chi connectivity index (χ0v) is 20.6. The number of rotatable bonds is 4. The van der Waals surface area contributed by atoms with E-state index in [9.17, 15) is 13.0 Å². The van der Waals surface area contributed by atoms with Crippen molar-refractivity contribution in [3.05, 3.63) is 102 Å². The molecular weight excluding hydrogens is 448 g/mol. The van der Waals surface area contributed by atoms with Crippen LogP contribution in [0.25, 0.3) is 23.1 Å². The molecular formula is C27H30N2O4S. The lowest BCUT2D eigenvalue weighted by atomic mass is 10.1. The van der Waals surface area contributed by atoms with Crippen LogP contribution < -0.4 is 9.47 Å². The standard InChI is InChI=1S/C20H21N2.C7H8O3S.H2O/c1-21(2)18-12-9-16(10-13-18)8-11-17-14-15-22(3)20-7-5-4-6-19(17)20;1-6-2-4-7(5-3-6)11(8,9)10;/h4-15H,1-3H3;2-5H,1H3,(H,8,9,10);1H2/q+1;;/p-1. The van der Waals surface area contributed by atoms with Crippen LogP contribution in [-0.4, -0.2) is 32.5 Å². The summed E-state index contributed by atoms with van der Waals surface area (Å²) in [5, 5.41) is 1.27. The summed E-state index contributed by atoms with van der Waals surface area (Å²) in [7, 11) is 1.92. The van der Waals surface area contributed by atoms with Gasteiger partial charge in [-0.2, -0.15) is 0 Å². The quantitative estimate of drug-likeness (QED) is 0.327. The van der Waals surface area contributed by atoms with Crippen molar-refractivity contribution < 1.29 is 23.0 Å². The molecule has 0 bridgehead atoms. The van der Waals surface area contributed by atoms with E-state index in [4.69, 9.17) is 0 Å². The van der Waals surface area contributed by atoms with Gasteiger partial charge in [-0.15, -0.1) is 0 Å². The highest BCUT2D eigenvalue weighted by molar-refractivity contribution is 7.85. The third kappa shape index (κ3) is 6.99. The maximum Gasteiger partial charge on any atom is 0.212 e. The van der Waals surface area contributed by atoms with Crippen LogP contribution in [0.5, 0.6) is 0 Å². The van der Waals surface area contributed by atoms with Crippen LogP contribution in [0.15, 0.2) is 90.0 Å². The van der Waals surface area contributed by atoms with Crippen LogP contribution in [-0.2, 0) is 17.2 Å². The predicted octanol–water partition coefficient (Wildman–Crippen LogP) is 3.98. The Morgan fingerprint density at radius 2 is 1.47 bits per heavy atom. The summed E-state index contributed by atoms with van der Waals surface area (Å²) in [4.78, 5) is 1.93. The second-order valence-corrected chi connectivity index (χ2v) is 9.37. The summed E-state index contributed by atoms with van der Waals surface area (Å²) < 4.78 is 33.3. The number of para-hydroxylation sites is 1. The van der Waals surface area contributed by atoms with Gasteiger partial charge >= 0.3 is 0 Å². The molecule has 2 N–H and O–H groups in total. The lowest BCUT2D eigenvalue weighted by molar-refractivity contribution is -0.644. The maximum absolute atomic E-state index is 10.4. The van der Waals surface area contributed by atoms with Gasteiger partial charge in [0, 0.05) is 31.9 Å². The monoisotopic (exact) mass is 478 g/mol. The highest BCUT2D eigenvalue weighted by Gasteiger charge is 2.06. The van der Waals surface area contributed by atoms with Crippen molar-refractivity contribution in [2.75, 3.05) is 19.0 Å². The summed E-state index contributed by atoms with van der Waals surface area (Å²) in [5.41, 5.74) is 5.84. The van der Waals surface area contributed by atoms with Gasteiger partial charge in [0.1, 0.15) is 17.2 Å². The normalized spacial score (nSPS) is 11.0. The molecule has 7 heteroatoms. The van der Waals surface area contributed by atoms with Crippen molar-refractivity contribution in [2.45, 2.75) is 11.8 Å². The first kappa shape index (κ1) is 26.7. The molecule has 0 saturated heterocycles. The lowest BCUT2D eigenvalue weighted by Gasteiger charge is -2.11. The SMILES string of the molecule is CN(C)c1ccc(C=Cc2cc[n+](C)c3ccccc23)cc1.Cc1ccc(S(=O)(=O)[O-])cc1.O. The highest BCUT2D eigenvalue weighted by atomic mass is 32.2. The number of fused-ring (bicyclic) bond motifs is 1. The van der Waals surface area contributed by atoms with E-state index >= 15 is 0 Å². The van der Waals surface area contributed by atoms with Gasteiger partial charge < -0.3 is 14.9 Å². The molecule has 0 unspecified atom stereocenters. The number of aromatic nitrogens is 1. The molecule has 178 valence electrons. The molecule has 1 aromatic heterocycles. The average molecular weight is 479 g/mol. The first-order valence-electron chi connectivity index (χ1n) is 10.5. The van der Waals surface area contributed by atoms with Crippen molar-refractivity contribution in [1.29, 1.82) is 0 Å². The molecule has 0 radical (unpaired) electrons. The Morgan fingerprint density at radius 3 is 2.06 bits per heavy atom. The Balaban J connectivity index is 0.000000289. The molecule has 0 amide bonds. The number of benzene rings is 3. The van der Waals surface area contributed by atoms with Crippen LogP contribution in [0.3, 0.4) is 0 Å². The molecule has 4 aromatic rings. The highest BCUT2D eigenvalue weighted by Crippen LogP contribution is 2.19. The van der Waals surface area contributed by atoms with E-state index in [1.165, 1.54) is 39.8 Å². The summed E-state index contributed by atoms with van der Waals surface area (Å²) >= 11 is 0.